The molecular weight excluding hydrogens is 256 g/mol. The maximum atomic E-state index is 3.62. The molecule has 1 N–H and O–H groups in total. The van der Waals surface area contributed by atoms with Crippen molar-refractivity contribution < 1.29 is 0 Å². The van der Waals surface area contributed by atoms with Crippen LogP contribution in [0.4, 0.5) is 0 Å². The van der Waals surface area contributed by atoms with Crippen LogP contribution in [-0.2, 0) is 6.54 Å². The summed E-state index contributed by atoms with van der Waals surface area (Å²) in [6, 6.07) is 10.1. The summed E-state index contributed by atoms with van der Waals surface area (Å²) < 4.78 is 0. The lowest BCUT2D eigenvalue weighted by Crippen LogP contribution is -2.27. The van der Waals surface area contributed by atoms with Gasteiger partial charge < -0.3 is 5.32 Å². The van der Waals surface area contributed by atoms with Gasteiger partial charge in [-0.2, -0.15) is 0 Å². The highest BCUT2D eigenvalue weighted by Gasteiger charge is 2.21. The van der Waals surface area contributed by atoms with Gasteiger partial charge in [-0.05, 0) is 43.2 Å². The zero-order valence-electron chi connectivity index (χ0n) is 13.4. The average molecular weight is 284 g/mol. The van der Waals surface area contributed by atoms with Crippen LogP contribution in [0.1, 0.15) is 50.2 Å². The first-order valence-corrected chi connectivity index (χ1v) is 8.41. The molecule has 0 spiro atoms. The molecule has 1 fully saturated rings. The van der Waals surface area contributed by atoms with E-state index in [1.165, 1.54) is 36.9 Å². The fourth-order valence-corrected chi connectivity index (χ4v) is 2.91. The summed E-state index contributed by atoms with van der Waals surface area (Å²) in [5.74, 6) is 0.611. The predicted octanol–water partition coefficient (Wildman–Crippen LogP) is 3.69. The highest BCUT2D eigenvalue weighted by Crippen LogP contribution is 2.22. The van der Waals surface area contributed by atoms with E-state index in [1.54, 1.807) is 5.57 Å². The van der Waals surface area contributed by atoms with E-state index in [0.29, 0.717) is 5.92 Å². The van der Waals surface area contributed by atoms with Gasteiger partial charge in [0, 0.05) is 32.2 Å². The quantitative estimate of drug-likeness (QED) is 0.801. The molecule has 1 aromatic rings. The Hall–Kier alpha value is -1.12. The Balaban J connectivity index is 1.51. The molecule has 0 aromatic heterocycles. The third-order valence-electron chi connectivity index (χ3n) is 4.77. The summed E-state index contributed by atoms with van der Waals surface area (Å²) in [5, 5.41) is 3.62. The van der Waals surface area contributed by atoms with Gasteiger partial charge >= 0.3 is 0 Å². The molecule has 1 unspecified atom stereocenters. The van der Waals surface area contributed by atoms with Crippen LogP contribution in [0, 0.1) is 0 Å². The van der Waals surface area contributed by atoms with Crippen LogP contribution in [0.3, 0.4) is 0 Å². The second-order valence-corrected chi connectivity index (χ2v) is 6.86. The van der Waals surface area contributed by atoms with Gasteiger partial charge in [0.15, 0.2) is 0 Å². The molecule has 0 amide bonds. The van der Waals surface area contributed by atoms with Gasteiger partial charge in [0.2, 0.25) is 0 Å². The standard InChI is InChI=1S/C19H28N2/c1-15-9-11-21(12-10-15)14-17-3-5-18(6-4-17)16(2)13-20-19-7-8-19/h3-6,9,16,19-20H,7-8,10-14H2,1-2H3. The molecule has 1 saturated carbocycles. The van der Waals surface area contributed by atoms with Crippen molar-refractivity contribution in [3.05, 3.63) is 47.0 Å². The lowest BCUT2D eigenvalue weighted by Gasteiger charge is -2.25. The minimum absolute atomic E-state index is 0.611. The molecule has 0 saturated heterocycles. The first kappa shape index (κ1) is 14.8. The van der Waals surface area contributed by atoms with Gasteiger partial charge in [-0.25, -0.2) is 0 Å². The third-order valence-corrected chi connectivity index (χ3v) is 4.77. The van der Waals surface area contributed by atoms with Gasteiger partial charge in [0.25, 0.3) is 0 Å². The monoisotopic (exact) mass is 284 g/mol. The fraction of sp³-hybridized carbons (Fsp3) is 0.579. The summed E-state index contributed by atoms with van der Waals surface area (Å²) in [6.07, 6.45) is 6.33. The van der Waals surface area contributed by atoms with Crippen LogP contribution in [0.15, 0.2) is 35.9 Å². The fourth-order valence-electron chi connectivity index (χ4n) is 2.91. The van der Waals surface area contributed by atoms with Gasteiger partial charge in [-0.1, -0.05) is 42.8 Å². The van der Waals surface area contributed by atoms with E-state index in [0.717, 1.165) is 25.7 Å². The molecule has 0 bridgehead atoms. The topological polar surface area (TPSA) is 15.3 Å². The normalized spacial score (nSPS) is 21.1. The van der Waals surface area contributed by atoms with E-state index in [1.807, 2.05) is 0 Å². The molecule has 1 aromatic carbocycles. The minimum Gasteiger partial charge on any atom is -0.313 e. The number of rotatable bonds is 6. The van der Waals surface area contributed by atoms with Crippen LogP contribution in [0.5, 0.6) is 0 Å². The molecule has 0 radical (unpaired) electrons. The highest BCUT2D eigenvalue weighted by atomic mass is 15.1. The summed E-state index contributed by atoms with van der Waals surface area (Å²) in [5.41, 5.74) is 4.44. The van der Waals surface area contributed by atoms with Crippen LogP contribution in [-0.4, -0.2) is 30.6 Å². The third kappa shape index (κ3) is 4.42. The number of benzene rings is 1. The van der Waals surface area contributed by atoms with E-state index in [9.17, 15) is 0 Å². The van der Waals surface area contributed by atoms with E-state index in [2.05, 4.69) is 54.4 Å². The second kappa shape index (κ2) is 6.76. The van der Waals surface area contributed by atoms with Crippen molar-refractivity contribution in [2.75, 3.05) is 19.6 Å². The van der Waals surface area contributed by atoms with Crippen LogP contribution >= 0.6 is 0 Å². The van der Waals surface area contributed by atoms with Crippen LogP contribution < -0.4 is 5.32 Å². The number of nitrogens with one attached hydrogen (secondary N) is 1. The Bertz CT molecular complexity index is 485. The number of nitrogens with zero attached hydrogens (tertiary/aromatic N) is 1. The van der Waals surface area contributed by atoms with Gasteiger partial charge in [0.1, 0.15) is 0 Å². The summed E-state index contributed by atoms with van der Waals surface area (Å²) in [7, 11) is 0. The molecular formula is C19H28N2. The molecule has 1 aliphatic heterocycles. The smallest absolute Gasteiger partial charge is 0.0237 e. The lowest BCUT2D eigenvalue weighted by atomic mass is 9.99. The number of hydrogen-bond donors (Lipinski definition) is 1. The molecule has 3 rings (SSSR count). The van der Waals surface area contributed by atoms with Gasteiger partial charge in [-0.3, -0.25) is 4.90 Å². The second-order valence-electron chi connectivity index (χ2n) is 6.86. The predicted molar refractivity (Wildman–Crippen MR) is 89.5 cm³/mol. The van der Waals surface area contributed by atoms with Crippen molar-refractivity contribution in [2.24, 2.45) is 0 Å². The number of hydrogen-bond acceptors (Lipinski definition) is 2. The van der Waals surface area contributed by atoms with Crippen molar-refractivity contribution in [1.29, 1.82) is 0 Å². The van der Waals surface area contributed by atoms with Crippen molar-refractivity contribution in [3.63, 3.8) is 0 Å². The van der Waals surface area contributed by atoms with E-state index in [-0.39, 0.29) is 0 Å². The Morgan fingerprint density at radius 3 is 2.62 bits per heavy atom. The maximum absolute atomic E-state index is 3.62. The molecule has 2 aliphatic rings. The zero-order valence-corrected chi connectivity index (χ0v) is 13.4. The molecule has 114 valence electrons. The highest BCUT2D eigenvalue weighted by molar-refractivity contribution is 5.25. The Labute approximate surface area is 129 Å². The van der Waals surface area contributed by atoms with Crippen molar-refractivity contribution >= 4 is 0 Å². The van der Waals surface area contributed by atoms with Crippen molar-refractivity contribution in [2.45, 2.75) is 51.6 Å². The average Bonchev–Trinajstić information content (AvgIpc) is 3.32. The first-order chi connectivity index (χ1) is 10.2. The van der Waals surface area contributed by atoms with Crippen LogP contribution in [0.2, 0.25) is 0 Å². The zero-order chi connectivity index (χ0) is 14.7. The Morgan fingerprint density at radius 1 is 1.24 bits per heavy atom. The Kier molecular flexibility index (Phi) is 4.77. The first-order valence-electron chi connectivity index (χ1n) is 8.41. The van der Waals surface area contributed by atoms with Gasteiger partial charge in [-0.15, -0.1) is 0 Å². The van der Waals surface area contributed by atoms with E-state index < -0.39 is 0 Å². The van der Waals surface area contributed by atoms with Gasteiger partial charge in [0.05, 0.1) is 0 Å². The molecule has 1 heterocycles. The molecule has 2 heteroatoms. The van der Waals surface area contributed by atoms with Crippen molar-refractivity contribution in [3.8, 4) is 0 Å². The SMILES string of the molecule is CC1=CCN(Cc2ccc(C(C)CNC3CC3)cc2)CC1. The summed E-state index contributed by atoms with van der Waals surface area (Å²) >= 11 is 0. The van der Waals surface area contributed by atoms with Crippen molar-refractivity contribution in [1.82, 2.24) is 10.2 Å². The van der Waals surface area contributed by atoms with E-state index in [4.69, 9.17) is 0 Å². The minimum atomic E-state index is 0.611. The summed E-state index contributed by atoms with van der Waals surface area (Å²) in [6.45, 7) is 9.06. The lowest BCUT2D eigenvalue weighted by molar-refractivity contribution is 0.286. The largest absolute Gasteiger partial charge is 0.313 e. The molecule has 1 atom stereocenters. The molecule has 1 aliphatic carbocycles. The Morgan fingerprint density at radius 2 is 2.00 bits per heavy atom. The molecule has 21 heavy (non-hydrogen) atoms. The molecule has 2 nitrogen and oxygen atoms in total. The summed E-state index contributed by atoms with van der Waals surface area (Å²) in [4.78, 5) is 2.53. The van der Waals surface area contributed by atoms with Crippen LogP contribution in [0.25, 0.3) is 0 Å². The maximum Gasteiger partial charge on any atom is 0.0237 e. The van der Waals surface area contributed by atoms with E-state index >= 15 is 0 Å².